The Morgan fingerprint density at radius 2 is 2.14 bits per heavy atom. The molecule has 0 saturated carbocycles. The molecule has 4 nitrogen and oxygen atoms in total. The average molecular weight is 346 g/mol. The third-order valence-corrected chi connectivity index (χ3v) is 7.23. The molecule has 7 heteroatoms. The van der Waals surface area contributed by atoms with Gasteiger partial charge in [0.2, 0.25) is 0 Å². The number of thiophene rings is 1. The summed E-state index contributed by atoms with van der Waals surface area (Å²) in [4.78, 5) is 16.0. The lowest BCUT2D eigenvalue weighted by atomic mass is 10.1. The maximum Gasteiger partial charge on any atom is 0.263 e. The lowest BCUT2D eigenvalue weighted by Crippen LogP contribution is -2.26. The summed E-state index contributed by atoms with van der Waals surface area (Å²) in [6, 6.07) is 0. The van der Waals surface area contributed by atoms with E-state index in [4.69, 9.17) is 5.73 Å². The summed E-state index contributed by atoms with van der Waals surface area (Å²) in [6.07, 6.45) is 3.16. The normalized spacial score (nSPS) is 18.4. The van der Waals surface area contributed by atoms with Crippen molar-refractivity contribution < 1.29 is 4.79 Å². The number of carbonyl (C=O) groups is 1. The number of thioether (sulfide) groups is 2. The van der Waals surface area contributed by atoms with Gasteiger partial charge in [-0.2, -0.15) is 11.8 Å². The van der Waals surface area contributed by atoms with Crippen LogP contribution in [-0.4, -0.2) is 42.8 Å². The van der Waals surface area contributed by atoms with Gasteiger partial charge in [-0.3, -0.25) is 4.79 Å². The zero-order valence-electron chi connectivity index (χ0n) is 13.0. The fourth-order valence-electron chi connectivity index (χ4n) is 2.33. The second-order valence-corrected chi connectivity index (χ2v) is 9.23. The molecule has 0 unspecified atom stereocenters. The van der Waals surface area contributed by atoms with Gasteiger partial charge in [0, 0.05) is 30.6 Å². The predicted molar refractivity (Wildman–Crippen MR) is 97.3 cm³/mol. The molecule has 1 aliphatic heterocycles. The molecule has 1 aliphatic rings. The molecule has 1 aromatic rings. The minimum Gasteiger partial charge on any atom is -0.396 e. The van der Waals surface area contributed by atoms with E-state index in [1.807, 2.05) is 18.0 Å². The van der Waals surface area contributed by atoms with Crippen LogP contribution in [0.2, 0.25) is 0 Å². The molecule has 2 rings (SSSR count). The highest BCUT2D eigenvalue weighted by atomic mass is 32.2. The van der Waals surface area contributed by atoms with Gasteiger partial charge in [-0.25, -0.2) is 0 Å². The Balaban J connectivity index is 2.32. The molecule has 21 heavy (non-hydrogen) atoms. The van der Waals surface area contributed by atoms with Crippen LogP contribution in [0.3, 0.4) is 0 Å². The van der Waals surface area contributed by atoms with Crippen molar-refractivity contribution >= 4 is 51.5 Å². The Morgan fingerprint density at radius 1 is 1.43 bits per heavy atom. The van der Waals surface area contributed by atoms with Crippen LogP contribution < -0.4 is 16.0 Å². The highest BCUT2D eigenvalue weighted by molar-refractivity contribution is 8.00. The van der Waals surface area contributed by atoms with E-state index in [2.05, 4.69) is 24.1 Å². The van der Waals surface area contributed by atoms with Crippen molar-refractivity contribution in [1.29, 1.82) is 0 Å². The molecule has 118 valence electrons. The van der Waals surface area contributed by atoms with Crippen molar-refractivity contribution in [3.63, 3.8) is 0 Å². The largest absolute Gasteiger partial charge is 0.396 e. The van der Waals surface area contributed by atoms with E-state index < -0.39 is 0 Å². The lowest BCUT2D eigenvalue weighted by Gasteiger charge is -2.23. The number of rotatable bonds is 3. The van der Waals surface area contributed by atoms with Crippen LogP contribution in [0.4, 0.5) is 10.7 Å². The van der Waals surface area contributed by atoms with E-state index in [9.17, 15) is 4.79 Å². The molecule has 1 amide bonds. The van der Waals surface area contributed by atoms with Crippen molar-refractivity contribution in [1.82, 2.24) is 5.32 Å². The second-order valence-electron chi connectivity index (χ2n) is 5.61. The van der Waals surface area contributed by atoms with Gasteiger partial charge in [-0.15, -0.1) is 23.1 Å². The van der Waals surface area contributed by atoms with Crippen LogP contribution in [-0.2, 0) is 0 Å². The molecule has 0 bridgehead atoms. The van der Waals surface area contributed by atoms with Gasteiger partial charge in [-0.05, 0) is 12.7 Å². The van der Waals surface area contributed by atoms with Crippen molar-refractivity contribution in [2.75, 3.05) is 42.8 Å². The molecular weight excluding hydrogens is 322 g/mol. The van der Waals surface area contributed by atoms with E-state index in [-0.39, 0.29) is 5.91 Å². The summed E-state index contributed by atoms with van der Waals surface area (Å²) in [6.45, 7) is 6.63. The first kappa shape index (κ1) is 16.8. The number of nitrogen functional groups attached to an aromatic ring is 1. The molecule has 0 radical (unpaired) electrons. The molecule has 0 aliphatic carbocycles. The van der Waals surface area contributed by atoms with Crippen LogP contribution in [0, 0.1) is 0 Å². The number of carbonyl (C=O) groups excluding carboxylic acids is 1. The van der Waals surface area contributed by atoms with Gasteiger partial charge in [-0.1, -0.05) is 13.8 Å². The number of nitrogens with one attached hydrogen (secondary N) is 1. The third-order valence-electron chi connectivity index (χ3n) is 3.64. The van der Waals surface area contributed by atoms with Gasteiger partial charge in [0.05, 0.1) is 10.6 Å². The van der Waals surface area contributed by atoms with Gasteiger partial charge in [0.1, 0.15) is 9.88 Å². The van der Waals surface area contributed by atoms with Crippen LogP contribution in [0.1, 0.15) is 29.9 Å². The lowest BCUT2D eigenvalue weighted by molar-refractivity contribution is 0.0968. The van der Waals surface area contributed by atoms with Gasteiger partial charge in [0.25, 0.3) is 5.91 Å². The topological polar surface area (TPSA) is 58.4 Å². The molecular formula is C14H23N3OS3. The number of nitrogens with two attached hydrogens (primary N) is 1. The number of hydrogen-bond acceptors (Lipinski definition) is 6. The Hall–Kier alpha value is -0.530. The number of anilines is 2. The van der Waals surface area contributed by atoms with E-state index in [1.165, 1.54) is 11.3 Å². The zero-order chi connectivity index (χ0) is 15.6. The van der Waals surface area contributed by atoms with Crippen LogP contribution in [0.5, 0.6) is 0 Å². The highest BCUT2D eigenvalue weighted by Gasteiger charge is 2.28. The smallest absolute Gasteiger partial charge is 0.263 e. The first-order valence-electron chi connectivity index (χ1n) is 6.97. The van der Waals surface area contributed by atoms with E-state index in [1.54, 1.807) is 18.8 Å². The summed E-state index contributed by atoms with van der Waals surface area (Å²) >= 11 is 5.17. The minimum absolute atomic E-state index is 0.0939. The minimum atomic E-state index is -0.0939. The van der Waals surface area contributed by atoms with Crippen molar-refractivity contribution in [3.05, 3.63) is 4.88 Å². The molecule has 2 heterocycles. The van der Waals surface area contributed by atoms with E-state index >= 15 is 0 Å². The van der Waals surface area contributed by atoms with E-state index in [0.29, 0.717) is 15.3 Å². The Morgan fingerprint density at radius 3 is 2.76 bits per heavy atom. The van der Waals surface area contributed by atoms with Crippen molar-refractivity contribution in [2.45, 2.75) is 29.9 Å². The Kier molecular flexibility index (Phi) is 5.38. The fourth-order valence-corrected chi connectivity index (χ4v) is 5.61. The number of hydrogen-bond donors (Lipinski definition) is 2. The van der Waals surface area contributed by atoms with Gasteiger partial charge in [0.15, 0.2) is 0 Å². The zero-order valence-corrected chi connectivity index (χ0v) is 15.4. The maximum atomic E-state index is 12.0. The average Bonchev–Trinajstić information content (AvgIpc) is 2.66. The van der Waals surface area contributed by atoms with Gasteiger partial charge >= 0.3 is 0 Å². The molecule has 1 fully saturated rings. The molecule has 1 aromatic heterocycles. The van der Waals surface area contributed by atoms with Crippen LogP contribution in [0.15, 0.2) is 4.90 Å². The quantitative estimate of drug-likeness (QED) is 0.824. The first-order chi connectivity index (χ1) is 9.89. The van der Waals surface area contributed by atoms with Gasteiger partial charge < -0.3 is 16.0 Å². The predicted octanol–water partition coefficient (Wildman–Crippen LogP) is 3.13. The molecule has 1 saturated heterocycles. The van der Waals surface area contributed by atoms with Crippen molar-refractivity contribution in [3.8, 4) is 0 Å². The number of nitrogens with zero attached hydrogens (tertiary/aromatic N) is 1. The summed E-state index contributed by atoms with van der Waals surface area (Å²) in [7, 11) is 1.64. The first-order valence-corrected chi connectivity index (χ1v) is 9.99. The summed E-state index contributed by atoms with van der Waals surface area (Å²) < 4.78 is 0.320. The van der Waals surface area contributed by atoms with Crippen molar-refractivity contribution in [2.24, 2.45) is 0 Å². The molecule has 0 atom stereocenters. The summed E-state index contributed by atoms with van der Waals surface area (Å²) in [5.41, 5.74) is 6.81. The Labute approximate surface area is 139 Å². The SMILES string of the molecule is CNC(=O)c1sc(N2CCSC(C)(C)CC2)c(SC)c1N. The maximum absolute atomic E-state index is 12.0. The summed E-state index contributed by atoms with van der Waals surface area (Å²) in [5.74, 6) is 1.01. The third kappa shape index (κ3) is 3.63. The Bertz CT molecular complexity index is 528. The second kappa shape index (κ2) is 6.71. The standard InChI is InChI=1S/C14H23N3OS3/c1-14(2)5-6-17(7-8-20-14)13-11(19-4)9(15)10(21-13)12(18)16-3/h5-8,15H2,1-4H3,(H,16,18). The molecule has 0 spiro atoms. The van der Waals surface area contributed by atoms with E-state index in [0.717, 1.165) is 35.2 Å². The highest BCUT2D eigenvalue weighted by Crippen LogP contribution is 2.45. The fraction of sp³-hybridized carbons (Fsp3) is 0.643. The number of amides is 1. The van der Waals surface area contributed by atoms with Crippen LogP contribution in [0.25, 0.3) is 0 Å². The molecule has 3 N–H and O–H groups in total. The monoisotopic (exact) mass is 345 g/mol. The summed E-state index contributed by atoms with van der Waals surface area (Å²) in [5, 5.41) is 3.82. The van der Waals surface area contributed by atoms with Crippen LogP contribution >= 0.6 is 34.9 Å². The molecule has 0 aromatic carbocycles.